The SMILES string of the molecule is CN=C(NCCCCCOC1CCCCC1)NC1CCC(SC)C1. The van der Waals surface area contributed by atoms with Gasteiger partial charge in [0.1, 0.15) is 0 Å². The van der Waals surface area contributed by atoms with Gasteiger partial charge in [-0.05, 0) is 57.6 Å². The number of hydrogen-bond acceptors (Lipinski definition) is 3. The second-order valence-corrected chi connectivity index (χ2v) is 8.34. The molecule has 0 aromatic carbocycles. The molecule has 0 heterocycles. The summed E-state index contributed by atoms with van der Waals surface area (Å²) in [5, 5.41) is 7.86. The van der Waals surface area contributed by atoms with Gasteiger partial charge in [0.15, 0.2) is 5.96 Å². The highest BCUT2D eigenvalue weighted by Gasteiger charge is 2.24. The second-order valence-electron chi connectivity index (χ2n) is 7.20. The van der Waals surface area contributed by atoms with Crippen molar-refractivity contribution in [3.05, 3.63) is 0 Å². The summed E-state index contributed by atoms with van der Waals surface area (Å²) in [6.45, 7) is 1.94. The first-order chi connectivity index (χ1) is 11.8. The first-order valence-corrected chi connectivity index (χ1v) is 11.2. The summed E-state index contributed by atoms with van der Waals surface area (Å²) < 4.78 is 5.98. The van der Waals surface area contributed by atoms with Gasteiger partial charge < -0.3 is 15.4 Å². The molecule has 0 amide bonds. The third-order valence-electron chi connectivity index (χ3n) is 5.30. The van der Waals surface area contributed by atoms with E-state index in [2.05, 4.69) is 21.9 Å². The Hall–Kier alpha value is -0.420. The van der Waals surface area contributed by atoms with Crippen molar-refractivity contribution < 1.29 is 4.74 Å². The lowest BCUT2D eigenvalue weighted by Gasteiger charge is -2.22. The highest BCUT2D eigenvalue weighted by molar-refractivity contribution is 7.99. The molecule has 0 spiro atoms. The predicted molar refractivity (Wildman–Crippen MR) is 106 cm³/mol. The first kappa shape index (κ1) is 19.9. The Bertz CT molecular complexity index is 359. The van der Waals surface area contributed by atoms with Gasteiger partial charge >= 0.3 is 0 Å². The predicted octanol–water partition coefficient (Wildman–Crippen LogP) is 3.96. The van der Waals surface area contributed by atoms with Crippen molar-refractivity contribution in [3.8, 4) is 0 Å². The number of guanidine groups is 1. The molecule has 0 aliphatic heterocycles. The number of hydrogen-bond donors (Lipinski definition) is 2. The molecule has 0 radical (unpaired) electrons. The number of nitrogens with zero attached hydrogens (tertiary/aromatic N) is 1. The minimum absolute atomic E-state index is 0.552. The minimum Gasteiger partial charge on any atom is -0.378 e. The maximum absolute atomic E-state index is 5.98. The van der Waals surface area contributed by atoms with Crippen molar-refractivity contribution in [2.24, 2.45) is 4.99 Å². The van der Waals surface area contributed by atoms with Gasteiger partial charge in [-0.3, -0.25) is 4.99 Å². The van der Waals surface area contributed by atoms with E-state index in [1.165, 1.54) is 70.6 Å². The van der Waals surface area contributed by atoms with Crippen molar-refractivity contribution in [1.29, 1.82) is 0 Å². The van der Waals surface area contributed by atoms with E-state index < -0.39 is 0 Å². The van der Waals surface area contributed by atoms with Crippen LogP contribution in [0.1, 0.15) is 70.6 Å². The minimum atomic E-state index is 0.552. The fraction of sp³-hybridized carbons (Fsp3) is 0.947. The molecule has 2 fully saturated rings. The zero-order valence-electron chi connectivity index (χ0n) is 15.7. The normalized spacial score (nSPS) is 25.8. The van der Waals surface area contributed by atoms with Crippen LogP contribution in [0, 0.1) is 0 Å². The molecule has 0 saturated heterocycles. The van der Waals surface area contributed by atoms with Gasteiger partial charge in [0.2, 0.25) is 0 Å². The van der Waals surface area contributed by atoms with E-state index in [1.54, 1.807) is 0 Å². The Morgan fingerprint density at radius 3 is 2.62 bits per heavy atom. The number of nitrogens with one attached hydrogen (secondary N) is 2. The van der Waals surface area contributed by atoms with Crippen molar-refractivity contribution in [3.63, 3.8) is 0 Å². The van der Waals surface area contributed by atoms with Crippen molar-refractivity contribution in [1.82, 2.24) is 10.6 Å². The van der Waals surface area contributed by atoms with Gasteiger partial charge in [-0.1, -0.05) is 19.3 Å². The average molecular weight is 356 g/mol. The van der Waals surface area contributed by atoms with Crippen LogP contribution in [0.4, 0.5) is 0 Å². The molecule has 5 heteroatoms. The molecule has 0 aromatic rings. The molecule has 2 N–H and O–H groups in total. The summed E-state index contributed by atoms with van der Waals surface area (Å²) >= 11 is 2.00. The number of unbranched alkanes of at least 4 members (excludes halogenated alkanes) is 2. The third kappa shape index (κ3) is 7.64. The maximum Gasteiger partial charge on any atom is 0.191 e. The standard InChI is InChI=1S/C19H37N3OS/c1-20-19(22-16-11-12-18(15-16)24-2)21-13-7-4-8-14-23-17-9-5-3-6-10-17/h16-18H,3-15H2,1-2H3,(H2,20,21,22). The fourth-order valence-electron chi connectivity index (χ4n) is 3.77. The van der Waals surface area contributed by atoms with E-state index in [4.69, 9.17) is 4.74 Å². The lowest BCUT2D eigenvalue weighted by molar-refractivity contribution is 0.0264. The second kappa shape index (κ2) is 12.0. The molecule has 140 valence electrons. The average Bonchev–Trinajstić information content (AvgIpc) is 3.08. The number of ether oxygens (including phenoxy) is 1. The molecule has 2 aliphatic carbocycles. The van der Waals surface area contributed by atoms with Gasteiger partial charge in [0.05, 0.1) is 6.10 Å². The van der Waals surface area contributed by atoms with Crippen LogP contribution >= 0.6 is 11.8 Å². The lowest BCUT2D eigenvalue weighted by Crippen LogP contribution is -2.42. The third-order valence-corrected chi connectivity index (χ3v) is 6.40. The van der Waals surface area contributed by atoms with Crippen LogP contribution < -0.4 is 10.6 Å². The molecule has 24 heavy (non-hydrogen) atoms. The van der Waals surface area contributed by atoms with Crippen LogP contribution in [0.3, 0.4) is 0 Å². The monoisotopic (exact) mass is 355 g/mol. The molecular formula is C19H37N3OS. The van der Waals surface area contributed by atoms with E-state index in [9.17, 15) is 0 Å². The Morgan fingerprint density at radius 2 is 1.92 bits per heavy atom. The van der Waals surface area contributed by atoms with Crippen LogP contribution in [-0.2, 0) is 4.74 Å². The van der Waals surface area contributed by atoms with E-state index in [1.807, 2.05) is 18.8 Å². The van der Waals surface area contributed by atoms with Gasteiger partial charge in [0, 0.05) is 31.5 Å². The fourth-order valence-corrected chi connectivity index (χ4v) is 4.56. The van der Waals surface area contributed by atoms with Gasteiger partial charge in [-0.25, -0.2) is 0 Å². The molecular weight excluding hydrogens is 318 g/mol. The summed E-state index contributed by atoms with van der Waals surface area (Å²) in [4.78, 5) is 4.36. The number of thioether (sulfide) groups is 1. The molecule has 2 aliphatic rings. The quantitative estimate of drug-likeness (QED) is 0.373. The molecule has 4 nitrogen and oxygen atoms in total. The lowest BCUT2D eigenvalue weighted by atomic mass is 9.98. The van der Waals surface area contributed by atoms with Crippen LogP contribution in [0.15, 0.2) is 4.99 Å². The van der Waals surface area contributed by atoms with E-state index in [-0.39, 0.29) is 0 Å². The highest BCUT2D eigenvalue weighted by Crippen LogP contribution is 2.28. The summed E-state index contributed by atoms with van der Waals surface area (Å²) in [6, 6.07) is 0.595. The van der Waals surface area contributed by atoms with Gasteiger partial charge in [-0.15, -0.1) is 0 Å². The van der Waals surface area contributed by atoms with E-state index in [0.717, 1.165) is 24.4 Å². The molecule has 2 unspecified atom stereocenters. The Kier molecular flexibility index (Phi) is 9.96. The maximum atomic E-state index is 5.98. The molecule has 0 aromatic heterocycles. The summed E-state index contributed by atoms with van der Waals surface area (Å²) in [7, 11) is 1.87. The highest BCUT2D eigenvalue weighted by atomic mass is 32.2. The number of aliphatic imine (C=N–C) groups is 1. The summed E-state index contributed by atoms with van der Waals surface area (Å²) in [5.41, 5.74) is 0. The number of rotatable bonds is 9. The van der Waals surface area contributed by atoms with Gasteiger partial charge in [0.25, 0.3) is 0 Å². The van der Waals surface area contributed by atoms with Crippen LogP contribution in [0.5, 0.6) is 0 Å². The van der Waals surface area contributed by atoms with Crippen LogP contribution in [0.2, 0.25) is 0 Å². The van der Waals surface area contributed by atoms with Crippen LogP contribution in [0.25, 0.3) is 0 Å². The summed E-state index contributed by atoms with van der Waals surface area (Å²) in [5.74, 6) is 0.972. The molecule has 2 rings (SSSR count). The Morgan fingerprint density at radius 1 is 1.08 bits per heavy atom. The molecule has 0 bridgehead atoms. The molecule has 2 saturated carbocycles. The van der Waals surface area contributed by atoms with Crippen molar-refractivity contribution >= 4 is 17.7 Å². The first-order valence-electron chi connectivity index (χ1n) is 9.93. The van der Waals surface area contributed by atoms with Crippen molar-refractivity contribution in [2.45, 2.75) is 88.0 Å². The van der Waals surface area contributed by atoms with Crippen molar-refractivity contribution in [2.75, 3.05) is 26.5 Å². The van der Waals surface area contributed by atoms with Crippen LogP contribution in [-0.4, -0.2) is 49.8 Å². The van der Waals surface area contributed by atoms with E-state index in [0.29, 0.717) is 12.1 Å². The largest absolute Gasteiger partial charge is 0.378 e. The Labute approximate surface area is 153 Å². The summed E-state index contributed by atoms with van der Waals surface area (Å²) in [6.07, 6.45) is 16.9. The van der Waals surface area contributed by atoms with Gasteiger partial charge in [-0.2, -0.15) is 11.8 Å². The zero-order valence-corrected chi connectivity index (χ0v) is 16.5. The Balaban J connectivity index is 1.45. The molecule has 2 atom stereocenters. The topological polar surface area (TPSA) is 45.7 Å². The zero-order chi connectivity index (χ0) is 17.0. The smallest absolute Gasteiger partial charge is 0.191 e. The van der Waals surface area contributed by atoms with E-state index >= 15 is 0 Å².